The van der Waals surface area contributed by atoms with Gasteiger partial charge < -0.3 is 11.5 Å². The van der Waals surface area contributed by atoms with Gasteiger partial charge in [-0.15, -0.1) is 0 Å². The summed E-state index contributed by atoms with van der Waals surface area (Å²) in [6, 6.07) is 5.58. The number of H-pyrrole nitrogens is 1. The first-order valence-corrected chi connectivity index (χ1v) is 6.53. The predicted molar refractivity (Wildman–Crippen MR) is 74.0 cm³/mol. The van der Waals surface area contributed by atoms with Crippen LogP contribution in [0.2, 0.25) is 0 Å². The average Bonchev–Trinajstić information content (AvgIpc) is 2.81. The van der Waals surface area contributed by atoms with Crippen molar-refractivity contribution in [3.05, 3.63) is 46.4 Å². The molecule has 5 N–H and O–H groups in total. The summed E-state index contributed by atoms with van der Waals surface area (Å²) in [5, 5.41) is 6.23. The second-order valence-electron chi connectivity index (χ2n) is 4.56. The van der Waals surface area contributed by atoms with Crippen molar-refractivity contribution in [2.75, 3.05) is 6.54 Å². The van der Waals surface area contributed by atoms with Crippen LogP contribution in [0.25, 0.3) is 5.69 Å². The van der Waals surface area contributed by atoms with Crippen LogP contribution in [-0.4, -0.2) is 21.3 Å². The molecule has 0 saturated heterocycles. The molecule has 0 saturated carbocycles. The SMILES string of the molecule is NCCCC[C@H](N)c1n[nH]c(=O)n1-c1ccccc1F. The van der Waals surface area contributed by atoms with Gasteiger partial charge in [-0.05, 0) is 31.5 Å². The van der Waals surface area contributed by atoms with E-state index >= 15 is 0 Å². The predicted octanol–water partition coefficient (Wildman–Crippen LogP) is 0.829. The van der Waals surface area contributed by atoms with E-state index in [4.69, 9.17) is 11.5 Å². The molecule has 0 bridgehead atoms. The summed E-state index contributed by atoms with van der Waals surface area (Å²) >= 11 is 0. The second kappa shape index (κ2) is 6.44. The molecular weight excluding hydrogens is 261 g/mol. The minimum atomic E-state index is -0.501. The Hall–Kier alpha value is -1.99. The molecule has 0 aliphatic rings. The van der Waals surface area contributed by atoms with Crippen molar-refractivity contribution in [1.29, 1.82) is 0 Å². The Labute approximate surface area is 115 Å². The highest BCUT2D eigenvalue weighted by atomic mass is 19.1. The van der Waals surface area contributed by atoms with Crippen LogP contribution >= 0.6 is 0 Å². The number of para-hydroxylation sites is 1. The van der Waals surface area contributed by atoms with Gasteiger partial charge in [0.2, 0.25) is 0 Å². The lowest BCUT2D eigenvalue weighted by molar-refractivity contribution is 0.550. The van der Waals surface area contributed by atoms with Gasteiger partial charge in [-0.25, -0.2) is 18.9 Å². The van der Waals surface area contributed by atoms with Crippen molar-refractivity contribution >= 4 is 0 Å². The highest BCUT2D eigenvalue weighted by Gasteiger charge is 2.18. The number of hydrogen-bond donors (Lipinski definition) is 3. The minimum Gasteiger partial charge on any atom is -0.330 e. The van der Waals surface area contributed by atoms with Crippen LogP contribution < -0.4 is 17.2 Å². The number of unbranched alkanes of at least 4 members (excludes halogenated alkanes) is 1. The molecule has 0 unspecified atom stereocenters. The van der Waals surface area contributed by atoms with Gasteiger partial charge in [-0.1, -0.05) is 18.6 Å². The van der Waals surface area contributed by atoms with E-state index < -0.39 is 17.5 Å². The van der Waals surface area contributed by atoms with Crippen molar-refractivity contribution < 1.29 is 4.39 Å². The largest absolute Gasteiger partial charge is 0.348 e. The summed E-state index contributed by atoms with van der Waals surface area (Å²) in [5.74, 6) is -0.163. The number of hydrogen-bond acceptors (Lipinski definition) is 4. The Balaban J connectivity index is 2.33. The molecule has 2 rings (SSSR count). The molecule has 0 spiro atoms. The Morgan fingerprint density at radius 1 is 1.35 bits per heavy atom. The number of benzene rings is 1. The first kappa shape index (κ1) is 14.4. The minimum absolute atomic E-state index is 0.149. The summed E-state index contributed by atoms with van der Waals surface area (Å²) < 4.78 is 15.0. The molecule has 108 valence electrons. The lowest BCUT2D eigenvalue weighted by Gasteiger charge is -2.12. The maximum Gasteiger partial charge on any atom is 0.348 e. The first-order valence-electron chi connectivity index (χ1n) is 6.53. The zero-order valence-corrected chi connectivity index (χ0v) is 11.1. The van der Waals surface area contributed by atoms with Gasteiger partial charge in [0.25, 0.3) is 0 Å². The Morgan fingerprint density at radius 3 is 2.80 bits per heavy atom. The quantitative estimate of drug-likeness (QED) is 0.681. The van der Waals surface area contributed by atoms with Crippen LogP contribution in [0, 0.1) is 5.82 Å². The normalized spacial score (nSPS) is 12.6. The van der Waals surface area contributed by atoms with E-state index in [0.717, 1.165) is 12.8 Å². The zero-order chi connectivity index (χ0) is 14.5. The van der Waals surface area contributed by atoms with Crippen LogP contribution in [0.4, 0.5) is 4.39 Å². The number of halogens is 1. The van der Waals surface area contributed by atoms with E-state index in [9.17, 15) is 9.18 Å². The molecule has 2 aromatic rings. The molecule has 0 aliphatic carbocycles. The maximum absolute atomic E-state index is 13.8. The summed E-state index contributed by atoms with van der Waals surface area (Å²) in [6.07, 6.45) is 2.31. The van der Waals surface area contributed by atoms with Gasteiger partial charge in [-0.3, -0.25) is 0 Å². The topological polar surface area (TPSA) is 103 Å². The molecule has 1 atom stereocenters. The summed E-state index contributed by atoms with van der Waals surface area (Å²) in [4.78, 5) is 11.8. The number of rotatable bonds is 6. The Kier molecular flexibility index (Phi) is 4.65. The van der Waals surface area contributed by atoms with Crippen molar-refractivity contribution in [1.82, 2.24) is 14.8 Å². The third kappa shape index (κ3) is 2.94. The molecule has 0 fully saturated rings. The van der Waals surface area contributed by atoms with Gasteiger partial charge in [0.1, 0.15) is 5.82 Å². The number of aromatic nitrogens is 3. The molecule has 1 aromatic heterocycles. The molecule has 0 amide bonds. The molecule has 0 radical (unpaired) electrons. The fraction of sp³-hybridized carbons (Fsp3) is 0.385. The molecule has 6 nitrogen and oxygen atoms in total. The van der Waals surface area contributed by atoms with Crippen LogP contribution in [0.5, 0.6) is 0 Å². The van der Waals surface area contributed by atoms with E-state index in [0.29, 0.717) is 18.8 Å². The van der Waals surface area contributed by atoms with Crippen molar-refractivity contribution in [3.63, 3.8) is 0 Å². The van der Waals surface area contributed by atoms with Crippen LogP contribution in [-0.2, 0) is 0 Å². The average molecular weight is 279 g/mol. The van der Waals surface area contributed by atoms with E-state index in [-0.39, 0.29) is 5.69 Å². The number of aromatic amines is 1. The second-order valence-corrected chi connectivity index (χ2v) is 4.56. The fourth-order valence-electron chi connectivity index (χ4n) is 2.06. The third-order valence-electron chi connectivity index (χ3n) is 3.09. The van der Waals surface area contributed by atoms with Crippen molar-refractivity contribution in [3.8, 4) is 5.69 Å². The van der Waals surface area contributed by atoms with Gasteiger partial charge in [0.05, 0.1) is 11.7 Å². The van der Waals surface area contributed by atoms with E-state index in [1.807, 2.05) is 0 Å². The van der Waals surface area contributed by atoms with Crippen molar-refractivity contribution in [2.45, 2.75) is 25.3 Å². The Morgan fingerprint density at radius 2 is 2.10 bits per heavy atom. The maximum atomic E-state index is 13.8. The molecule has 1 aromatic carbocycles. The van der Waals surface area contributed by atoms with E-state index in [1.165, 1.54) is 16.7 Å². The molecular formula is C13H18FN5O. The zero-order valence-electron chi connectivity index (χ0n) is 11.1. The summed E-state index contributed by atoms with van der Waals surface area (Å²) in [6.45, 7) is 0.591. The van der Waals surface area contributed by atoms with Crippen LogP contribution in [0.15, 0.2) is 29.1 Å². The molecule has 20 heavy (non-hydrogen) atoms. The highest BCUT2D eigenvalue weighted by Crippen LogP contribution is 2.18. The number of nitrogens with two attached hydrogens (primary N) is 2. The van der Waals surface area contributed by atoms with E-state index in [1.54, 1.807) is 12.1 Å². The van der Waals surface area contributed by atoms with Crippen molar-refractivity contribution in [2.24, 2.45) is 11.5 Å². The van der Waals surface area contributed by atoms with Gasteiger partial charge in [0, 0.05) is 0 Å². The van der Waals surface area contributed by atoms with E-state index in [2.05, 4.69) is 10.2 Å². The van der Waals surface area contributed by atoms with Crippen LogP contribution in [0.3, 0.4) is 0 Å². The van der Waals surface area contributed by atoms with Gasteiger partial charge in [0.15, 0.2) is 5.82 Å². The Bertz CT molecular complexity index is 621. The third-order valence-corrected chi connectivity index (χ3v) is 3.09. The lowest BCUT2D eigenvalue weighted by atomic mass is 10.1. The van der Waals surface area contributed by atoms with Gasteiger partial charge >= 0.3 is 5.69 Å². The standard InChI is InChI=1S/C13H18FN5O/c14-9-5-1-2-7-11(9)19-12(17-18-13(19)20)10(16)6-3-4-8-15/h1-2,5,7,10H,3-4,6,8,15-16H2,(H,18,20)/t10-/m0/s1. The molecule has 0 aliphatic heterocycles. The van der Waals surface area contributed by atoms with Crippen LogP contribution in [0.1, 0.15) is 31.1 Å². The monoisotopic (exact) mass is 279 g/mol. The fourth-order valence-corrected chi connectivity index (χ4v) is 2.06. The molecule has 1 heterocycles. The lowest BCUT2D eigenvalue weighted by Crippen LogP contribution is -2.23. The number of nitrogens with one attached hydrogen (secondary N) is 1. The number of nitrogens with zero attached hydrogens (tertiary/aromatic N) is 2. The first-order chi connectivity index (χ1) is 9.65. The van der Waals surface area contributed by atoms with Gasteiger partial charge in [-0.2, -0.15) is 5.10 Å². The summed E-state index contributed by atoms with van der Waals surface area (Å²) in [7, 11) is 0. The molecule has 7 heteroatoms. The highest BCUT2D eigenvalue weighted by molar-refractivity contribution is 5.34. The smallest absolute Gasteiger partial charge is 0.330 e. The summed E-state index contributed by atoms with van der Waals surface area (Å²) in [5.41, 5.74) is 11.1.